The van der Waals surface area contributed by atoms with Gasteiger partial charge in [-0.25, -0.2) is 0 Å². The van der Waals surface area contributed by atoms with Crippen LogP contribution in [0.3, 0.4) is 0 Å². The number of rotatable bonds is 7. The number of carbonyl (C=O) groups is 1. The fraction of sp³-hybridized carbons (Fsp3) is 0.321. The van der Waals surface area contributed by atoms with Crippen LogP contribution in [0.4, 0.5) is 0 Å². The van der Waals surface area contributed by atoms with Gasteiger partial charge in [0, 0.05) is 24.9 Å². The van der Waals surface area contributed by atoms with E-state index in [-0.39, 0.29) is 35.0 Å². The van der Waals surface area contributed by atoms with Crippen molar-refractivity contribution in [2.45, 2.75) is 24.6 Å². The Hall–Kier alpha value is -2.63. The van der Waals surface area contributed by atoms with Crippen LogP contribution >= 0.6 is 17.0 Å². The fourth-order valence-corrected chi connectivity index (χ4v) is 5.15. The summed E-state index contributed by atoms with van der Waals surface area (Å²) in [5.74, 6) is -0.0960. The van der Waals surface area contributed by atoms with Crippen LogP contribution in [0.25, 0.3) is 0 Å². The van der Waals surface area contributed by atoms with Crippen LogP contribution in [0.15, 0.2) is 78.9 Å². The third-order valence-electron chi connectivity index (χ3n) is 6.70. The van der Waals surface area contributed by atoms with Crippen molar-refractivity contribution < 1.29 is 15.0 Å². The number of likely N-dealkylation sites (tertiary alicyclic amines) is 1. The summed E-state index contributed by atoms with van der Waals surface area (Å²) in [6.07, 6.45) is -1.10. The third kappa shape index (κ3) is 4.44. The summed E-state index contributed by atoms with van der Waals surface area (Å²) in [6.45, 7) is -1.27. The van der Waals surface area contributed by atoms with Gasteiger partial charge in [0.25, 0.3) is 0 Å². The van der Waals surface area contributed by atoms with Crippen molar-refractivity contribution in [3.05, 3.63) is 101 Å². The van der Waals surface area contributed by atoms with Gasteiger partial charge in [0.05, 0.1) is 6.61 Å². The molecule has 1 saturated heterocycles. The number of amides is 1. The highest BCUT2D eigenvalue weighted by molar-refractivity contribution is 8.93. The van der Waals surface area contributed by atoms with Gasteiger partial charge >= 0.3 is 0 Å². The molecule has 3 aromatic rings. The van der Waals surface area contributed by atoms with Gasteiger partial charge in [0.15, 0.2) is 0 Å². The molecule has 2 aliphatic heterocycles. The van der Waals surface area contributed by atoms with Crippen LogP contribution in [0, 0.1) is 5.92 Å². The minimum absolute atomic E-state index is 0. The van der Waals surface area contributed by atoms with Crippen molar-refractivity contribution in [3.63, 3.8) is 0 Å². The number of nitrogens with two attached hydrogens (primary N) is 1. The summed E-state index contributed by atoms with van der Waals surface area (Å²) < 4.78 is 41.1. The standard InChI is InChI=1S/C28H30N2O2.BrH/c29-27(31)28(23-7-3-1-4-8-23,24-9-5-2-6-10-24)25-14-17-30(20-25)16-13-21-11-12-26-22(19-21)15-18-32-26;/h1-12,19,25H,13-18,20H2,(H2,29,31);1H/t25-;/m1./s1/i13D2,16D2;. The number of ether oxygens (including phenoxy) is 1. The van der Waals surface area contributed by atoms with Crippen molar-refractivity contribution in [1.29, 1.82) is 0 Å². The Kier molecular flexibility index (Phi) is 5.74. The summed E-state index contributed by atoms with van der Waals surface area (Å²) in [7, 11) is 0. The maximum absolute atomic E-state index is 13.3. The molecule has 0 aliphatic carbocycles. The molecule has 1 amide bonds. The van der Waals surface area contributed by atoms with E-state index in [1.54, 1.807) is 18.2 Å². The van der Waals surface area contributed by atoms with Gasteiger partial charge < -0.3 is 15.4 Å². The van der Waals surface area contributed by atoms with Crippen molar-refractivity contribution in [2.24, 2.45) is 11.7 Å². The Balaban J connectivity index is 0.00000320. The molecule has 2 heterocycles. The van der Waals surface area contributed by atoms with E-state index >= 15 is 0 Å². The predicted molar refractivity (Wildman–Crippen MR) is 137 cm³/mol. The van der Waals surface area contributed by atoms with E-state index in [1.807, 2.05) is 60.7 Å². The van der Waals surface area contributed by atoms with Crippen LogP contribution in [-0.2, 0) is 23.0 Å². The lowest BCUT2D eigenvalue weighted by molar-refractivity contribution is -0.123. The Morgan fingerprint density at radius 2 is 1.73 bits per heavy atom. The van der Waals surface area contributed by atoms with Crippen molar-refractivity contribution in [3.8, 4) is 5.75 Å². The molecule has 4 nitrogen and oxygen atoms in total. The zero-order chi connectivity index (χ0) is 25.6. The summed E-state index contributed by atoms with van der Waals surface area (Å²) in [6, 6.07) is 23.9. The average Bonchev–Trinajstić information content (AvgIpc) is 3.56. The number of aryl methyl sites for hydroxylation is 1. The van der Waals surface area contributed by atoms with E-state index in [1.165, 1.54) is 4.90 Å². The topological polar surface area (TPSA) is 55.6 Å². The fourth-order valence-electron chi connectivity index (χ4n) is 5.15. The molecule has 172 valence electrons. The first kappa shape index (κ1) is 18.8. The summed E-state index contributed by atoms with van der Waals surface area (Å²) in [5.41, 5.74) is 7.70. The second-order valence-electron chi connectivity index (χ2n) is 8.49. The Labute approximate surface area is 212 Å². The third-order valence-corrected chi connectivity index (χ3v) is 6.70. The molecule has 0 bridgehead atoms. The molecule has 1 atom stereocenters. The monoisotopic (exact) mass is 510 g/mol. The second-order valence-corrected chi connectivity index (χ2v) is 8.49. The molecule has 0 spiro atoms. The highest BCUT2D eigenvalue weighted by Crippen LogP contribution is 2.43. The first-order valence-corrected chi connectivity index (χ1v) is 11.1. The minimum Gasteiger partial charge on any atom is -0.493 e. The van der Waals surface area contributed by atoms with Gasteiger partial charge in [-0.1, -0.05) is 72.8 Å². The summed E-state index contributed by atoms with van der Waals surface area (Å²) in [4.78, 5) is 14.8. The number of primary amides is 1. The summed E-state index contributed by atoms with van der Waals surface area (Å²) in [5, 5.41) is 0. The van der Waals surface area contributed by atoms with E-state index in [9.17, 15) is 4.79 Å². The molecule has 5 rings (SSSR count). The van der Waals surface area contributed by atoms with Crippen molar-refractivity contribution in [2.75, 3.05) is 26.2 Å². The molecule has 0 unspecified atom stereocenters. The highest BCUT2D eigenvalue weighted by Gasteiger charge is 2.49. The molecule has 3 aromatic carbocycles. The maximum atomic E-state index is 13.3. The summed E-state index contributed by atoms with van der Waals surface area (Å²) >= 11 is 0. The number of carbonyl (C=O) groups excluding carboxylic acids is 1. The van der Waals surface area contributed by atoms with Crippen LogP contribution in [0.1, 0.15) is 34.2 Å². The van der Waals surface area contributed by atoms with Crippen molar-refractivity contribution >= 4 is 22.9 Å². The lowest BCUT2D eigenvalue weighted by Crippen LogP contribution is -2.49. The molecular formula is C28H31BrN2O2. The predicted octanol–water partition coefficient (Wildman–Crippen LogP) is 4.54. The van der Waals surface area contributed by atoms with Crippen LogP contribution in [0.5, 0.6) is 5.75 Å². The van der Waals surface area contributed by atoms with Gasteiger partial charge in [0.1, 0.15) is 11.2 Å². The van der Waals surface area contributed by atoms with Crippen LogP contribution < -0.4 is 10.5 Å². The molecule has 33 heavy (non-hydrogen) atoms. The Morgan fingerprint density at radius 1 is 1.06 bits per heavy atom. The lowest BCUT2D eigenvalue weighted by Gasteiger charge is -2.37. The number of hydrogen-bond donors (Lipinski definition) is 1. The van der Waals surface area contributed by atoms with E-state index in [4.69, 9.17) is 16.0 Å². The smallest absolute Gasteiger partial charge is 0.232 e. The van der Waals surface area contributed by atoms with Gasteiger partial charge in [-0.2, -0.15) is 0 Å². The molecule has 5 heteroatoms. The van der Waals surface area contributed by atoms with Gasteiger partial charge in [-0.15, -0.1) is 17.0 Å². The van der Waals surface area contributed by atoms with Crippen LogP contribution in [-0.4, -0.2) is 37.0 Å². The SMILES string of the molecule is Br.[2H]C([2H])(c1ccc2c(c1)CCO2)C([2H])([2H])N1CC[C@@H](C(C(N)=O)(c2ccccc2)c2ccccc2)C1. The number of fused-ring (bicyclic) bond motifs is 1. The molecule has 0 radical (unpaired) electrons. The number of hydrogen-bond acceptors (Lipinski definition) is 3. The Morgan fingerprint density at radius 3 is 2.36 bits per heavy atom. The zero-order valence-corrected chi connectivity index (χ0v) is 20.1. The van der Waals surface area contributed by atoms with E-state index in [2.05, 4.69) is 0 Å². The number of halogens is 1. The minimum atomic E-state index is -2.31. The first-order valence-electron chi connectivity index (χ1n) is 13.1. The average molecular weight is 511 g/mol. The Bertz CT molecular complexity index is 1220. The second kappa shape index (κ2) is 10.1. The molecule has 2 aliphatic rings. The van der Waals surface area contributed by atoms with Crippen LogP contribution in [0.2, 0.25) is 0 Å². The van der Waals surface area contributed by atoms with E-state index < -0.39 is 24.2 Å². The lowest BCUT2D eigenvalue weighted by atomic mass is 9.64. The molecule has 0 saturated carbocycles. The van der Waals surface area contributed by atoms with Crippen molar-refractivity contribution in [1.82, 2.24) is 4.90 Å². The van der Waals surface area contributed by atoms with E-state index in [0.29, 0.717) is 26.0 Å². The zero-order valence-electron chi connectivity index (χ0n) is 22.4. The molecule has 2 N–H and O–H groups in total. The normalized spacial score (nSPS) is 20.4. The molecular weight excluding hydrogens is 476 g/mol. The molecule has 0 aromatic heterocycles. The van der Waals surface area contributed by atoms with Gasteiger partial charge in [-0.05, 0) is 53.6 Å². The quantitative estimate of drug-likeness (QED) is 0.507. The maximum Gasteiger partial charge on any atom is 0.232 e. The van der Waals surface area contributed by atoms with Gasteiger partial charge in [0.2, 0.25) is 5.91 Å². The molecule has 1 fully saturated rings. The highest BCUT2D eigenvalue weighted by atomic mass is 79.9. The number of nitrogens with zero attached hydrogens (tertiary/aromatic N) is 1. The van der Waals surface area contributed by atoms with E-state index in [0.717, 1.165) is 22.4 Å². The largest absolute Gasteiger partial charge is 0.493 e. The first-order chi connectivity index (χ1) is 17.2. The van der Waals surface area contributed by atoms with Gasteiger partial charge in [-0.3, -0.25) is 4.79 Å². The number of benzene rings is 3.